The highest BCUT2D eigenvalue weighted by Crippen LogP contribution is 2.24. The van der Waals surface area contributed by atoms with Crippen molar-refractivity contribution in [3.05, 3.63) is 52.0 Å². The Hall–Kier alpha value is -1.68. The molecule has 0 fully saturated rings. The minimum Gasteiger partial charge on any atom is -0.484 e. The molecule has 1 aromatic heterocycles. The fourth-order valence-corrected chi connectivity index (χ4v) is 2.09. The molecule has 0 amide bonds. The highest BCUT2D eigenvalue weighted by atomic mass is 32.1. The summed E-state index contributed by atoms with van der Waals surface area (Å²) in [6.45, 7) is 1.67. The highest BCUT2D eigenvalue weighted by Gasteiger charge is 2.13. The molecular formula is C13H11FO2S. The Labute approximate surface area is 103 Å². The van der Waals surface area contributed by atoms with E-state index in [1.807, 2.05) is 17.5 Å². The predicted molar refractivity (Wildman–Crippen MR) is 65.1 cm³/mol. The van der Waals surface area contributed by atoms with Crippen LogP contribution in [-0.4, -0.2) is 5.78 Å². The zero-order valence-electron chi connectivity index (χ0n) is 9.27. The van der Waals surface area contributed by atoms with E-state index < -0.39 is 5.82 Å². The molecule has 0 atom stereocenters. The van der Waals surface area contributed by atoms with Crippen molar-refractivity contribution in [2.75, 3.05) is 0 Å². The van der Waals surface area contributed by atoms with Crippen LogP contribution < -0.4 is 4.74 Å². The average Bonchev–Trinajstić information content (AvgIpc) is 2.80. The number of carbonyl (C=O) groups is 1. The number of thiophene rings is 1. The van der Waals surface area contributed by atoms with Crippen LogP contribution in [0.5, 0.6) is 5.75 Å². The van der Waals surface area contributed by atoms with E-state index in [2.05, 4.69) is 0 Å². The van der Waals surface area contributed by atoms with E-state index in [1.54, 1.807) is 6.07 Å². The second kappa shape index (κ2) is 5.10. The first-order valence-corrected chi connectivity index (χ1v) is 6.01. The first-order valence-electron chi connectivity index (χ1n) is 5.13. The van der Waals surface area contributed by atoms with Crippen molar-refractivity contribution in [2.45, 2.75) is 13.5 Å². The van der Waals surface area contributed by atoms with Crippen molar-refractivity contribution in [3.63, 3.8) is 0 Å². The summed E-state index contributed by atoms with van der Waals surface area (Å²) >= 11 is 1.53. The molecule has 1 aromatic carbocycles. The number of para-hydroxylation sites is 1. The molecule has 0 bridgehead atoms. The molecule has 1 heterocycles. The van der Waals surface area contributed by atoms with Gasteiger partial charge in [0.25, 0.3) is 0 Å². The number of Topliss-reactive ketones (excluding diaryl/α,β-unsaturated/α-hetero) is 1. The maximum absolute atomic E-state index is 13.6. The third kappa shape index (κ3) is 2.71. The Bertz CT molecular complexity index is 520. The molecule has 17 heavy (non-hydrogen) atoms. The lowest BCUT2D eigenvalue weighted by Gasteiger charge is -2.09. The van der Waals surface area contributed by atoms with E-state index in [0.717, 1.165) is 4.88 Å². The van der Waals surface area contributed by atoms with Crippen LogP contribution in [0.1, 0.15) is 22.2 Å². The van der Waals surface area contributed by atoms with Crippen LogP contribution >= 0.6 is 11.3 Å². The van der Waals surface area contributed by atoms with E-state index >= 15 is 0 Å². The molecule has 2 rings (SSSR count). The summed E-state index contributed by atoms with van der Waals surface area (Å²) in [4.78, 5) is 12.3. The van der Waals surface area contributed by atoms with Crippen LogP contribution in [0, 0.1) is 5.82 Å². The zero-order valence-corrected chi connectivity index (χ0v) is 10.1. The summed E-state index contributed by atoms with van der Waals surface area (Å²) in [5, 5.41) is 1.92. The smallest absolute Gasteiger partial charge is 0.166 e. The van der Waals surface area contributed by atoms with Crippen molar-refractivity contribution in [1.82, 2.24) is 0 Å². The molecule has 0 spiro atoms. The van der Waals surface area contributed by atoms with Gasteiger partial charge in [-0.05, 0) is 30.5 Å². The first-order chi connectivity index (χ1) is 8.18. The second-order valence-corrected chi connectivity index (χ2v) is 4.57. The Balaban J connectivity index is 2.22. The van der Waals surface area contributed by atoms with Gasteiger partial charge in [-0.15, -0.1) is 11.3 Å². The van der Waals surface area contributed by atoms with Crippen LogP contribution in [0.3, 0.4) is 0 Å². The molecule has 0 unspecified atom stereocenters. The molecule has 2 nitrogen and oxygen atoms in total. The van der Waals surface area contributed by atoms with Gasteiger partial charge in [-0.1, -0.05) is 12.1 Å². The van der Waals surface area contributed by atoms with Gasteiger partial charge in [-0.2, -0.15) is 0 Å². The lowest BCUT2D eigenvalue weighted by atomic mass is 10.1. The average molecular weight is 250 g/mol. The van der Waals surface area contributed by atoms with Crippen LogP contribution in [0.4, 0.5) is 4.39 Å². The van der Waals surface area contributed by atoms with E-state index in [4.69, 9.17) is 4.74 Å². The molecule has 0 aliphatic carbocycles. The number of rotatable bonds is 4. The number of carbonyl (C=O) groups excluding carboxylic acids is 1. The third-order valence-electron chi connectivity index (χ3n) is 2.29. The predicted octanol–water partition coefficient (Wildman–Crippen LogP) is 3.67. The summed E-state index contributed by atoms with van der Waals surface area (Å²) < 4.78 is 19.0. The van der Waals surface area contributed by atoms with Crippen LogP contribution in [-0.2, 0) is 6.61 Å². The normalized spacial score (nSPS) is 10.2. The fourth-order valence-electron chi connectivity index (χ4n) is 1.47. The van der Waals surface area contributed by atoms with Crippen molar-refractivity contribution >= 4 is 17.1 Å². The second-order valence-electron chi connectivity index (χ2n) is 3.54. The van der Waals surface area contributed by atoms with Crippen molar-refractivity contribution < 1.29 is 13.9 Å². The maximum Gasteiger partial charge on any atom is 0.166 e. The quantitative estimate of drug-likeness (QED) is 0.774. The monoisotopic (exact) mass is 250 g/mol. The van der Waals surface area contributed by atoms with Gasteiger partial charge in [0.05, 0.1) is 5.56 Å². The van der Waals surface area contributed by atoms with Crippen molar-refractivity contribution in [2.24, 2.45) is 0 Å². The largest absolute Gasteiger partial charge is 0.484 e. The van der Waals surface area contributed by atoms with Gasteiger partial charge in [-0.25, -0.2) is 4.39 Å². The molecule has 0 radical (unpaired) electrons. The van der Waals surface area contributed by atoms with Crippen LogP contribution in [0.15, 0.2) is 35.7 Å². The van der Waals surface area contributed by atoms with Gasteiger partial charge >= 0.3 is 0 Å². The number of hydrogen-bond donors (Lipinski definition) is 0. The van der Waals surface area contributed by atoms with Gasteiger partial charge < -0.3 is 4.74 Å². The fraction of sp³-hybridized carbons (Fsp3) is 0.154. The molecule has 88 valence electrons. The summed E-state index contributed by atoms with van der Waals surface area (Å²) in [5.41, 5.74) is 0.279. The Kier molecular flexibility index (Phi) is 3.54. The minimum atomic E-state index is -0.505. The topological polar surface area (TPSA) is 26.3 Å². The van der Waals surface area contributed by atoms with E-state index in [1.165, 1.54) is 30.4 Å². The summed E-state index contributed by atoms with van der Waals surface area (Å²) in [6, 6.07) is 8.16. The lowest BCUT2D eigenvalue weighted by molar-refractivity contribution is 0.101. The zero-order chi connectivity index (χ0) is 12.3. The van der Waals surface area contributed by atoms with Crippen molar-refractivity contribution in [3.8, 4) is 5.75 Å². The molecule has 0 aliphatic heterocycles. The Morgan fingerprint density at radius 2 is 2.18 bits per heavy atom. The number of ether oxygens (including phenoxy) is 1. The molecule has 2 aromatic rings. The third-order valence-corrected chi connectivity index (χ3v) is 3.14. The van der Waals surface area contributed by atoms with Gasteiger partial charge in [0.15, 0.2) is 17.3 Å². The van der Waals surface area contributed by atoms with Crippen LogP contribution in [0.2, 0.25) is 0 Å². The minimum absolute atomic E-state index is 0.0356. The Morgan fingerprint density at radius 3 is 2.82 bits per heavy atom. The standard InChI is InChI=1S/C13H11FO2S/c1-9(15)11-5-2-6-12(14)13(11)16-8-10-4-3-7-17-10/h2-7H,8H2,1H3. The summed E-state index contributed by atoms with van der Waals surface area (Å²) in [6.07, 6.45) is 0. The van der Waals surface area contributed by atoms with Gasteiger partial charge in [0.1, 0.15) is 6.61 Å². The molecule has 0 saturated carbocycles. The molecule has 0 aliphatic rings. The number of halogens is 1. The molecule has 0 N–H and O–H groups in total. The summed E-state index contributed by atoms with van der Waals surface area (Å²) in [5.74, 6) is -0.673. The van der Waals surface area contributed by atoms with E-state index in [0.29, 0.717) is 0 Å². The van der Waals surface area contributed by atoms with E-state index in [-0.39, 0.29) is 23.7 Å². The van der Waals surface area contributed by atoms with Gasteiger partial charge in [0, 0.05) is 4.88 Å². The first kappa shape index (κ1) is 11.8. The van der Waals surface area contributed by atoms with E-state index in [9.17, 15) is 9.18 Å². The number of benzene rings is 1. The molecule has 0 saturated heterocycles. The number of hydrogen-bond acceptors (Lipinski definition) is 3. The van der Waals surface area contributed by atoms with Crippen LogP contribution in [0.25, 0.3) is 0 Å². The molecular weight excluding hydrogens is 239 g/mol. The summed E-state index contributed by atoms with van der Waals surface area (Å²) in [7, 11) is 0. The maximum atomic E-state index is 13.6. The molecule has 4 heteroatoms. The number of ketones is 1. The highest BCUT2D eigenvalue weighted by molar-refractivity contribution is 7.09. The lowest BCUT2D eigenvalue weighted by Crippen LogP contribution is -2.02. The van der Waals surface area contributed by atoms with Gasteiger partial charge in [-0.3, -0.25) is 4.79 Å². The van der Waals surface area contributed by atoms with Crippen molar-refractivity contribution in [1.29, 1.82) is 0 Å². The van der Waals surface area contributed by atoms with Gasteiger partial charge in [0.2, 0.25) is 0 Å². The SMILES string of the molecule is CC(=O)c1cccc(F)c1OCc1cccs1. The Morgan fingerprint density at radius 1 is 1.35 bits per heavy atom.